The van der Waals surface area contributed by atoms with Gasteiger partial charge in [-0.25, -0.2) is 0 Å². The highest BCUT2D eigenvalue weighted by Crippen LogP contribution is 2.14. The Morgan fingerprint density at radius 2 is 1.70 bits per heavy atom. The fraction of sp³-hybridized carbons (Fsp3) is 1.00. The Hall–Kier alpha value is -0.160. The molecule has 0 bridgehead atoms. The molecule has 0 amide bonds. The van der Waals surface area contributed by atoms with Gasteiger partial charge in [-0.3, -0.25) is 0 Å². The van der Waals surface area contributed by atoms with Crippen LogP contribution in [0.5, 0.6) is 0 Å². The second-order valence-corrected chi connectivity index (χ2v) is 5.58. The maximum atomic E-state index is 8.91. The predicted octanol–water partition coefficient (Wildman–Crippen LogP) is 3.27. The first-order valence-corrected chi connectivity index (χ1v) is 8.32. The van der Waals surface area contributed by atoms with Crippen LogP contribution in [0.15, 0.2) is 0 Å². The molecule has 1 aliphatic heterocycles. The number of aliphatic hydroxyl groups is 1. The predicted molar refractivity (Wildman–Crippen MR) is 79.7 cm³/mol. The SMILES string of the molecule is CCCCCCCCCCOCC[C@H]1OC[C@H](CO)O1. The van der Waals surface area contributed by atoms with Gasteiger partial charge < -0.3 is 19.3 Å². The summed E-state index contributed by atoms with van der Waals surface area (Å²) in [5.74, 6) is 0. The van der Waals surface area contributed by atoms with Gasteiger partial charge in [-0.2, -0.15) is 0 Å². The van der Waals surface area contributed by atoms with E-state index < -0.39 is 0 Å². The quantitative estimate of drug-likeness (QED) is 0.528. The largest absolute Gasteiger partial charge is 0.394 e. The second-order valence-electron chi connectivity index (χ2n) is 5.58. The minimum atomic E-state index is -0.189. The summed E-state index contributed by atoms with van der Waals surface area (Å²) in [4.78, 5) is 0. The minimum Gasteiger partial charge on any atom is -0.394 e. The van der Waals surface area contributed by atoms with E-state index in [1.807, 2.05) is 0 Å². The number of aliphatic hydroxyl groups excluding tert-OH is 1. The minimum absolute atomic E-state index is 0.0373. The van der Waals surface area contributed by atoms with Gasteiger partial charge in [0.25, 0.3) is 0 Å². The van der Waals surface area contributed by atoms with Crippen LogP contribution in [0.2, 0.25) is 0 Å². The van der Waals surface area contributed by atoms with Gasteiger partial charge in [-0.05, 0) is 6.42 Å². The van der Waals surface area contributed by atoms with Crippen LogP contribution >= 0.6 is 0 Å². The Labute approximate surface area is 123 Å². The zero-order valence-electron chi connectivity index (χ0n) is 13.0. The van der Waals surface area contributed by atoms with E-state index in [0.29, 0.717) is 13.2 Å². The van der Waals surface area contributed by atoms with Crippen LogP contribution in [0, 0.1) is 0 Å². The van der Waals surface area contributed by atoms with Gasteiger partial charge in [-0.1, -0.05) is 51.9 Å². The third kappa shape index (κ3) is 8.90. The van der Waals surface area contributed by atoms with E-state index in [0.717, 1.165) is 19.4 Å². The Morgan fingerprint density at radius 3 is 2.35 bits per heavy atom. The van der Waals surface area contributed by atoms with Crippen LogP contribution < -0.4 is 0 Å². The van der Waals surface area contributed by atoms with Crippen molar-refractivity contribution in [3.05, 3.63) is 0 Å². The molecule has 1 saturated heterocycles. The molecule has 1 rings (SSSR count). The normalized spacial score (nSPS) is 22.5. The van der Waals surface area contributed by atoms with Crippen molar-refractivity contribution in [3.63, 3.8) is 0 Å². The van der Waals surface area contributed by atoms with Crippen LogP contribution in [-0.4, -0.2) is 43.9 Å². The molecule has 0 aliphatic carbocycles. The van der Waals surface area contributed by atoms with E-state index in [2.05, 4.69) is 6.92 Å². The van der Waals surface area contributed by atoms with Crippen molar-refractivity contribution < 1.29 is 19.3 Å². The molecular formula is C16H32O4. The lowest BCUT2D eigenvalue weighted by Gasteiger charge is -2.10. The summed E-state index contributed by atoms with van der Waals surface area (Å²) in [7, 11) is 0. The summed E-state index contributed by atoms with van der Waals surface area (Å²) in [6, 6.07) is 0. The van der Waals surface area contributed by atoms with E-state index in [1.165, 1.54) is 44.9 Å². The Kier molecular flexibility index (Phi) is 11.2. The molecule has 4 heteroatoms. The Balaban J connectivity index is 1.75. The first kappa shape index (κ1) is 17.9. The van der Waals surface area contributed by atoms with E-state index in [9.17, 15) is 0 Å². The highest BCUT2D eigenvalue weighted by molar-refractivity contribution is 4.63. The molecule has 0 radical (unpaired) electrons. The molecule has 1 aliphatic rings. The monoisotopic (exact) mass is 288 g/mol. The summed E-state index contributed by atoms with van der Waals surface area (Å²) in [6.07, 6.45) is 11.0. The van der Waals surface area contributed by atoms with Gasteiger partial charge in [0.15, 0.2) is 6.29 Å². The Bertz CT molecular complexity index is 211. The topological polar surface area (TPSA) is 47.9 Å². The molecule has 1 heterocycles. The van der Waals surface area contributed by atoms with Crippen LogP contribution in [0.4, 0.5) is 0 Å². The van der Waals surface area contributed by atoms with Gasteiger partial charge in [0.05, 0.1) is 19.8 Å². The van der Waals surface area contributed by atoms with Gasteiger partial charge in [0, 0.05) is 13.0 Å². The third-order valence-corrected chi connectivity index (χ3v) is 3.66. The van der Waals surface area contributed by atoms with E-state index in [4.69, 9.17) is 19.3 Å². The first-order chi connectivity index (χ1) is 9.86. The highest BCUT2D eigenvalue weighted by Gasteiger charge is 2.24. The molecule has 0 aromatic carbocycles. The van der Waals surface area contributed by atoms with Crippen molar-refractivity contribution in [3.8, 4) is 0 Å². The van der Waals surface area contributed by atoms with Crippen molar-refractivity contribution in [2.75, 3.05) is 26.4 Å². The lowest BCUT2D eigenvalue weighted by molar-refractivity contribution is -0.0810. The van der Waals surface area contributed by atoms with Gasteiger partial charge >= 0.3 is 0 Å². The molecule has 120 valence electrons. The molecular weight excluding hydrogens is 256 g/mol. The van der Waals surface area contributed by atoms with Crippen molar-refractivity contribution in [1.29, 1.82) is 0 Å². The number of hydrogen-bond donors (Lipinski definition) is 1. The van der Waals surface area contributed by atoms with Crippen molar-refractivity contribution in [2.45, 2.75) is 77.1 Å². The lowest BCUT2D eigenvalue weighted by Crippen LogP contribution is -2.17. The molecule has 20 heavy (non-hydrogen) atoms. The summed E-state index contributed by atoms with van der Waals surface area (Å²) in [5, 5.41) is 8.91. The zero-order valence-corrected chi connectivity index (χ0v) is 13.0. The fourth-order valence-electron chi connectivity index (χ4n) is 2.37. The maximum Gasteiger partial charge on any atom is 0.160 e. The molecule has 0 spiro atoms. The van der Waals surface area contributed by atoms with Crippen LogP contribution in [0.25, 0.3) is 0 Å². The molecule has 1 N–H and O–H groups in total. The van der Waals surface area contributed by atoms with E-state index in [1.54, 1.807) is 0 Å². The van der Waals surface area contributed by atoms with Crippen molar-refractivity contribution in [1.82, 2.24) is 0 Å². The number of rotatable bonds is 13. The molecule has 0 aromatic rings. The second kappa shape index (κ2) is 12.6. The number of hydrogen-bond acceptors (Lipinski definition) is 4. The summed E-state index contributed by atoms with van der Waals surface area (Å²) in [6.45, 7) is 4.31. The maximum absolute atomic E-state index is 8.91. The summed E-state index contributed by atoms with van der Waals surface area (Å²) in [5.41, 5.74) is 0. The van der Waals surface area contributed by atoms with Crippen LogP contribution in [0.3, 0.4) is 0 Å². The van der Waals surface area contributed by atoms with Crippen molar-refractivity contribution in [2.24, 2.45) is 0 Å². The molecule has 1 fully saturated rings. The molecule has 4 nitrogen and oxygen atoms in total. The summed E-state index contributed by atoms with van der Waals surface area (Å²) >= 11 is 0. The van der Waals surface area contributed by atoms with Crippen LogP contribution in [-0.2, 0) is 14.2 Å². The van der Waals surface area contributed by atoms with Gasteiger partial charge in [-0.15, -0.1) is 0 Å². The standard InChI is InChI=1S/C16H32O4/c1-2-3-4-5-6-7-8-9-11-18-12-10-16-19-14-15(13-17)20-16/h15-17H,2-14H2,1H3/t15-,16-/m0/s1. The average Bonchev–Trinajstić information content (AvgIpc) is 2.93. The van der Waals surface area contributed by atoms with Crippen LogP contribution in [0.1, 0.15) is 64.7 Å². The first-order valence-electron chi connectivity index (χ1n) is 8.32. The number of ether oxygens (including phenoxy) is 3. The molecule has 2 atom stereocenters. The van der Waals surface area contributed by atoms with Crippen molar-refractivity contribution >= 4 is 0 Å². The lowest BCUT2D eigenvalue weighted by atomic mass is 10.1. The third-order valence-electron chi connectivity index (χ3n) is 3.66. The average molecular weight is 288 g/mol. The molecule has 0 unspecified atom stereocenters. The zero-order chi connectivity index (χ0) is 14.5. The summed E-state index contributed by atoms with van der Waals surface area (Å²) < 4.78 is 16.4. The molecule has 0 aromatic heterocycles. The van der Waals surface area contributed by atoms with Gasteiger partial charge in [0.1, 0.15) is 6.10 Å². The van der Waals surface area contributed by atoms with E-state index in [-0.39, 0.29) is 19.0 Å². The van der Waals surface area contributed by atoms with E-state index >= 15 is 0 Å². The highest BCUT2D eigenvalue weighted by atomic mass is 16.7. The van der Waals surface area contributed by atoms with Gasteiger partial charge in [0.2, 0.25) is 0 Å². The number of unbranched alkanes of at least 4 members (excludes halogenated alkanes) is 7. The fourth-order valence-corrected chi connectivity index (χ4v) is 2.37. The smallest absolute Gasteiger partial charge is 0.160 e. The molecule has 0 saturated carbocycles. The Morgan fingerprint density at radius 1 is 1.00 bits per heavy atom.